The Morgan fingerprint density at radius 2 is 2.08 bits per heavy atom. The first-order chi connectivity index (χ1) is 6.15. The Kier molecular flexibility index (Phi) is 6.59. The number of methoxy groups -OCH3 is 1. The van der Waals surface area contributed by atoms with Crippen molar-refractivity contribution < 1.29 is 9.53 Å². The summed E-state index contributed by atoms with van der Waals surface area (Å²) in [6.45, 7) is 7.76. The van der Waals surface area contributed by atoms with Crippen LogP contribution < -0.4 is 0 Å². The molecule has 0 saturated carbocycles. The van der Waals surface area contributed by atoms with Crippen molar-refractivity contribution >= 4 is 5.97 Å². The van der Waals surface area contributed by atoms with Gasteiger partial charge < -0.3 is 4.74 Å². The Morgan fingerprint density at radius 1 is 1.46 bits per heavy atom. The van der Waals surface area contributed by atoms with Crippen LogP contribution in [0.2, 0.25) is 0 Å². The molecule has 3 nitrogen and oxygen atoms in total. The average molecular weight is 187 g/mol. The summed E-state index contributed by atoms with van der Waals surface area (Å²) in [6.07, 6.45) is 2.14. The number of carbonyl (C=O) groups is 1. The second-order valence-corrected chi connectivity index (χ2v) is 3.30. The van der Waals surface area contributed by atoms with E-state index in [-0.39, 0.29) is 5.97 Å². The number of ether oxygens (including phenoxy) is 1. The lowest BCUT2D eigenvalue weighted by Crippen LogP contribution is -2.38. The highest BCUT2D eigenvalue weighted by atomic mass is 16.5. The molecule has 1 unspecified atom stereocenters. The molecule has 0 aromatic carbocycles. The van der Waals surface area contributed by atoms with E-state index in [1.54, 1.807) is 0 Å². The Morgan fingerprint density at radius 3 is 2.46 bits per heavy atom. The highest BCUT2D eigenvalue weighted by Crippen LogP contribution is 2.04. The molecule has 0 heterocycles. The van der Waals surface area contributed by atoms with Crippen molar-refractivity contribution in [2.24, 2.45) is 0 Å². The maximum atomic E-state index is 11.1. The van der Waals surface area contributed by atoms with Gasteiger partial charge in [0.05, 0.1) is 13.7 Å². The van der Waals surface area contributed by atoms with Gasteiger partial charge in [-0.25, -0.2) is 0 Å². The van der Waals surface area contributed by atoms with E-state index >= 15 is 0 Å². The molecule has 78 valence electrons. The van der Waals surface area contributed by atoms with Crippen LogP contribution in [0.25, 0.3) is 0 Å². The highest BCUT2D eigenvalue weighted by Gasteiger charge is 2.14. The van der Waals surface area contributed by atoms with Gasteiger partial charge in [-0.1, -0.05) is 13.8 Å². The third-order valence-corrected chi connectivity index (χ3v) is 2.28. The zero-order chi connectivity index (χ0) is 10.3. The van der Waals surface area contributed by atoms with Crippen molar-refractivity contribution in [3.05, 3.63) is 0 Å². The Hall–Kier alpha value is -0.570. The molecule has 0 N–H and O–H groups in total. The first-order valence-electron chi connectivity index (χ1n) is 4.96. The SMILES string of the molecule is CCCN(CC(=O)OC)C(C)CC. The maximum absolute atomic E-state index is 11.1. The molecule has 0 aliphatic rings. The monoisotopic (exact) mass is 187 g/mol. The molecule has 3 heteroatoms. The summed E-state index contributed by atoms with van der Waals surface area (Å²) in [6, 6.07) is 0.457. The van der Waals surface area contributed by atoms with Crippen molar-refractivity contribution in [3.8, 4) is 0 Å². The summed E-state index contributed by atoms with van der Waals surface area (Å²) in [5, 5.41) is 0. The van der Waals surface area contributed by atoms with E-state index in [1.165, 1.54) is 7.11 Å². The van der Waals surface area contributed by atoms with Gasteiger partial charge in [0.2, 0.25) is 0 Å². The minimum atomic E-state index is -0.145. The minimum Gasteiger partial charge on any atom is -0.468 e. The molecule has 0 fully saturated rings. The highest BCUT2D eigenvalue weighted by molar-refractivity contribution is 5.71. The van der Waals surface area contributed by atoms with Crippen molar-refractivity contribution in [2.45, 2.75) is 39.7 Å². The molecule has 0 aromatic heterocycles. The molecule has 1 atom stereocenters. The van der Waals surface area contributed by atoms with Crippen LogP contribution in [0.3, 0.4) is 0 Å². The molecule has 0 spiro atoms. The lowest BCUT2D eigenvalue weighted by atomic mass is 10.2. The second kappa shape index (κ2) is 6.89. The quantitative estimate of drug-likeness (QED) is 0.592. The zero-order valence-corrected chi connectivity index (χ0v) is 9.17. The Bertz CT molecular complexity index is 148. The summed E-state index contributed by atoms with van der Waals surface area (Å²) in [7, 11) is 1.43. The maximum Gasteiger partial charge on any atom is 0.319 e. The van der Waals surface area contributed by atoms with Gasteiger partial charge in [0, 0.05) is 6.04 Å². The molecule has 0 bridgehead atoms. The summed E-state index contributed by atoms with van der Waals surface area (Å²) < 4.78 is 4.64. The third kappa shape index (κ3) is 4.88. The van der Waals surface area contributed by atoms with E-state index in [0.717, 1.165) is 19.4 Å². The summed E-state index contributed by atoms with van der Waals surface area (Å²) in [5.74, 6) is -0.145. The molecular weight excluding hydrogens is 166 g/mol. The topological polar surface area (TPSA) is 29.5 Å². The first kappa shape index (κ1) is 12.4. The molecular formula is C10H21NO2. The normalized spacial score (nSPS) is 13.0. The molecule has 0 saturated heterocycles. The van der Waals surface area contributed by atoms with E-state index in [0.29, 0.717) is 12.6 Å². The number of hydrogen-bond acceptors (Lipinski definition) is 3. The molecule has 0 rings (SSSR count). The van der Waals surface area contributed by atoms with Crippen LogP contribution in [0.4, 0.5) is 0 Å². The second-order valence-electron chi connectivity index (χ2n) is 3.30. The van der Waals surface area contributed by atoms with Gasteiger partial charge in [0.1, 0.15) is 0 Å². The van der Waals surface area contributed by atoms with Crippen molar-refractivity contribution in [2.75, 3.05) is 20.2 Å². The van der Waals surface area contributed by atoms with E-state index in [1.807, 2.05) is 0 Å². The third-order valence-electron chi connectivity index (χ3n) is 2.28. The molecule has 0 aromatic rings. The van der Waals surface area contributed by atoms with Crippen LogP contribution in [-0.4, -0.2) is 37.1 Å². The van der Waals surface area contributed by atoms with Gasteiger partial charge in [-0.3, -0.25) is 9.69 Å². The largest absolute Gasteiger partial charge is 0.468 e. The summed E-state index contributed by atoms with van der Waals surface area (Å²) in [4.78, 5) is 13.2. The number of esters is 1. The average Bonchev–Trinajstić information content (AvgIpc) is 2.15. The molecule has 0 amide bonds. The Balaban J connectivity index is 4.00. The molecule has 0 radical (unpaired) electrons. The van der Waals surface area contributed by atoms with Crippen LogP contribution in [0.1, 0.15) is 33.6 Å². The number of hydrogen-bond donors (Lipinski definition) is 0. The molecule has 0 aliphatic carbocycles. The minimum absolute atomic E-state index is 0.145. The lowest BCUT2D eigenvalue weighted by molar-refractivity contribution is -0.142. The van der Waals surface area contributed by atoms with Crippen LogP contribution in [-0.2, 0) is 9.53 Å². The van der Waals surface area contributed by atoms with E-state index in [9.17, 15) is 4.79 Å². The number of rotatable bonds is 6. The van der Waals surface area contributed by atoms with Crippen LogP contribution >= 0.6 is 0 Å². The number of carbonyl (C=O) groups excluding carboxylic acids is 1. The van der Waals surface area contributed by atoms with E-state index in [2.05, 4.69) is 30.4 Å². The zero-order valence-electron chi connectivity index (χ0n) is 9.17. The van der Waals surface area contributed by atoms with Crippen LogP contribution in [0.15, 0.2) is 0 Å². The van der Waals surface area contributed by atoms with Gasteiger partial charge in [-0.2, -0.15) is 0 Å². The van der Waals surface area contributed by atoms with Crippen LogP contribution in [0.5, 0.6) is 0 Å². The summed E-state index contributed by atoms with van der Waals surface area (Å²) >= 11 is 0. The molecule has 13 heavy (non-hydrogen) atoms. The van der Waals surface area contributed by atoms with Gasteiger partial charge in [0.25, 0.3) is 0 Å². The van der Waals surface area contributed by atoms with Gasteiger partial charge in [-0.15, -0.1) is 0 Å². The smallest absolute Gasteiger partial charge is 0.319 e. The van der Waals surface area contributed by atoms with E-state index < -0.39 is 0 Å². The standard InChI is InChI=1S/C10H21NO2/c1-5-7-11(9(3)6-2)8-10(12)13-4/h9H,5-8H2,1-4H3. The fourth-order valence-corrected chi connectivity index (χ4v) is 1.23. The van der Waals surface area contributed by atoms with E-state index in [4.69, 9.17) is 0 Å². The summed E-state index contributed by atoms with van der Waals surface area (Å²) in [5.41, 5.74) is 0. The van der Waals surface area contributed by atoms with Crippen molar-refractivity contribution in [3.63, 3.8) is 0 Å². The van der Waals surface area contributed by atoms with Gasteiger partial charge in [0.15, 0.2) is 0 Å². The number of nitrogens with zero attached hydrogens (tertiary/aromatic N) is 1. The fraction of sp³-hybridized carbons (Fsp3) is 0.900. The van der Waals surface area contributed by atoms with Crippen LogP contribution in [0, 0.1) is 0 Å². The van der Waals surface area contributed by atoms with Gasteiger partial charge in [-0.05, 0) is 26.3 Å². The fourth-order valence-electron chi connectivity index (χ4n) is 1.23. The van der Waals surface area contributed by atoms with Crippen molar-refractivity contribution in [1.29, 1.82) is 0 Å². The predicted octanol–water partition coefficient (Wildman–Crippen LogP) is 1.67. The van der Waals surface area contributed by atoms with Gasteiger partial charge >= 0.3 is 5.97 Å². The lowest BCUT2D eigenvalue weighted by Gasteiger charge is -2.26. The predicted molar refractivity (Wildman–Crippen MR) is 53.6 cm³/mol. The van der Waals surface area contributed by atoms with Crippen molar-refractivity contribution in [1.82, 2.24) is 4.90 Å². The molecule has 0 aliphatic heterocycles. The first-order valence-corrected chi connectivity index (χ1v) is 4.96. The Labute approximate surface area is 81.1 Å².